The van der Waals surface area contributed by atoms with Gasteiger partial charge in [-0.1, -0.05) is 236 Å². The van der Waals surface area contributed by atoms with Gasteiger partial charge < -0.3 is 40.4 Å². The number of aliphatic hydroxyl groups excluding tert-OH is 4. The Balaban J connectivity index is 0.000000202. The first-order valence-corrected chi connectivity index (χ1v) is 47.5. The number of hydrogen-bond acceptors (Lipinski definition) is 16. The second-order valence-corrected chi connectivity index (χ2v) is 37.9. The molecule has 4 radical (unpaired) electrons. The Hall–Kier alpha value is -13.6. The molecule has 4 aliphatic rings. The third-order valence-electron chi connectivity index (χ3n) is 23.5. The monoisotopic (exact) mass is 2670 g/mol. The van der Waals surface area contributed by atoms with Gasteiger partial charge >= 0.3 is 0 Å². The molecule has 4 aliphatic carbocycles. The maximum atomic E-state index is 13.2. The second-order valence-electron chi connectivity index (χ2n) is 37.9. The maximum absolute atomic E-state index is 13.2. The van der Waals surface area contributed by atoms with E-state index in [1.807, 2.05) is 253 Å². The summed E-state index contributed by atoms with van der Waals surface area (Å²) in [6.45, 7) is 31.6. The summed E-state index contributed by atoms with van der Waals surface area (Å²) in [6, 6.07) is 75.9. The zero-order valence-electron chi connectivity index (χ0n) is 92.0. The Morgan fingerprint density at radius 1 is 0.340 bits per heavy atom. The van der Waals surface area contributed by atoms with Gasteiger partial charge in [0.25, 0.3) is 0 Å². The summed E-state index contributed by atoms with van der Waals surface area (Å²) in [4.78, 5) is 112. The van der Waals surface area contributed by atoms with Gasteiger partial charge in [0.05, 0.1) is 23.0 Å². The van der Waals surface area contributed by atoms with Gasteiger partial charge in [0.1, 0.15) is 0 Å². The van der Waals surface area contributed by atoms with Crippen LogP contribution >= 0.6 is 0 Å². The van der Waals surface area contributed by atoms with Crippen LogP contribution in [0, 0.1) is 96.3 Å². The standard InChI is InChI=1S/C25H18NO.2C24H16NO.C22H12NO.2C11H20O2.2C5H8O2.4Ir/c1-14-4-5-21-22(13-14)18-6-7-20-19(23(18)25(21)27)8-9-26-24(20)17-11-15(2)10-16(3)12-17;1-14-9-15(2)11-17(10-14)23-20-13-22-21(12-16(20)7-8-25-23)18-5-3-4-6-19(18)24(22)26;1-14-11-15(2)13-16(12-14)23-19-7-8-21-22(18(19)9-10-25-23)17-5-3-4-6-20(17)24(21)26;24-22-17-10-5-4-9-15(17)16-11-6-12-18-20(16)19(22)13-23-21(18)14-7-2-1-3-8-14;2*1-8(2)5-10(12)7-11(13)6-9(3)4;2*1-4(6)3-5(2)7;;;;/h4-11,13H,1-3H3;3-10,12-13H,1-2H3;3-12H,1-2H3;1-7,9-13H;2*7-9,12H,5-6H2,1-4H3;2*3,6H,1-2H3;;;;/q4*-1;;;;;;;;/i3D3;;;1D,2D,3D,7D;;;;;;;;. The minimum atomic E-state index is -2.25. The molecule has 0 aliphatic heterocycles. The van der Waals surface area contributed by atoms with Crippen LogP contribution in [0.25, 0.3) is 133 Å². The van der Waals surface area contributed by atoms with Crippen molar-refractivity contribution in [1.82, 2.24) is 19.9 Å². The van der Waals surface area contributed by atoms with Crippen LogP contribution < -0.4 is 0 Å². The number of aryl methyl sites for hydroxylation is 7. The molecule has 20 heteroatoms. The molecule has 0 fully saturated rings. The molecule has 4 aromatic heterocycles. The van der Waals surface area contributed by atoms with Crippen LogP contribution in [-0.4, -0.2) is 86.6 Å². The Kier molecular flexibility index (Phi) is 38.0. The van der Waals surface area contributed by atoms with Gasteiger partial charge in [-0.05, 0) is 196 Å². The van der Waals surface area contributed by atoms with Crippen LogP contribution in [0.5, 0.6) is 0 Å². The number of ketones is 8. The van der Waals surface area contributed by atoms with Crippen molar-refractivity contribution in [3.63, 3.8) is 0 Å². The third kappa shape index (κ3) is 28.8. The second kappa shape index (κ2) is 52.6. The van der Waals surface area contributed by atoms with Crippen LogP contribution in [0.3, 0.4) is 0 Å². The quantitative estimate of drug-likeness (QED) is 0.0398. The van der Waals surface area contributed by atoms with Crippen LogP contribution in [0.1, 0.15) is 221 Å². The molecule has 4 heterocycles. The van der Waals surface area contributed by atoms with Gasteiger partial charge in [-0.2, -0.15) is 0 Å². The molecule has 16 aromatic rings. The first-order valence-electron chi connectivity index (χ1n) is 51.0. The Morgan fingerprint density at radius 3 is 1.23 bits per heavy atom. The van der Waals surface area contributed by atoms with E-state index in [1.54, 1.807) is 18.3 Å². The van der Waals surface area contributed by atoms with Crippen LogP contribution in [0.15, 0.2) is 296 Å². The van der Waals surface area contributed by atoms with Crippen molar-refractivity contribution in [3.05, 3.63) is 404 Å². The smallest absolute Gasteiger partial charge is 0.195 e. The molecule has 0 spiro atoms. The number of fused-ring (bicyclic) bond motifs is 16. The fraction of sp³-hybridized carbons (Fsp3) is 0.213. The average Bonchev–Trinajstić information content (AvgIpc) is 1.68. The molecule has 0 unspecified atom stereocenters. The van der Waals surface area contributed by atoms with E-state index in [9.17, 15) is 48.6 Å². The SMILES string of the molecule is CC(=O)C=C(C)O.CC(=O)C=C(C)O.CC(C)CC(=O)C=C(O)CC(C)C.CC(C)CC(=O)C=C(O)CC(C)C.Cc1[c-]c(-c2nccc3c4c(ccc23)C(=O)c2ccccc2-4)cc(C)c1.Cc1[c-]c(-c2nccc3cc4c(cc23)C(=O)c2ccccc2-4)cc(C)c1.[2H]C([2H])([2H])c1[c-]c(-c2nccc3c4c(ccc23)-c2cc(C)ccc2C4=O)cc(C)c1.[2H]c1[c-]c(-c2ncc3c4c(cccc24)-c2ccccc2C3=O)c([2H])c([2H])c1[2H].[Ir].[Ir].[Ir].[Ir]. The van der Waals surface area contributed by atoms with Crippen molar-refractivity contribution in [2.24, 2.45) is 23.7 Å². The molecule has 0 saturated carbocycles. The minimum absolute atomic E-state index is 0. The van der Waals surface area contributed by atoms with Crippen LogP contribution in [0.4, 0.5) is 0 Å². The van der Waals surface area contributed by atoms with E-state index >= 15 is 0 Å². The zero-order chi connectivity index (χ0) is 109. The number of allylic oxidation sites excluding steroid dienone is 8. The fourth-order valence-electron chi connectivity index (χ4n) is 18.1. The normalized spacial score (nSPS) is 12.7. The number of benzene rings is 12. The molecule has 0 amide bonds. The molecule has 12 aromatic carbocycles. The molecule has 0 saturated heterocycles. The van der Waals surface area contributed by atoms with Crippen molar-refractivity contribution in [2.45, 2.75) is 157 Å². The maximum Gasteiger partial charge on any atom is 0.195 e. The molecule has 758 valence electrons. The molecular weight excluding hydrogens is 2540 g/mol. The van der Waals surface area contributed by atoms with Gasteiger partial charge in [-0.3, -0.25) is 38.4 Å². The van der Waals surface area contributed by atoms with E-state index in [1.165, 1.54) is 69.3 Å². The number of carbonyl (C=O) groups is 8. The summed E-state index contributed by atoms with van der Waals surface area (Å²) in [7, 11) is 0. The number of aromatic nitrogens is 4. The van der Waals surface area contributed by atoms with E-state index in [0.717, 1.165) is 149 Å². The predicted molar refractivity (Wildman–Crippen MR) is 576 cm³/mol. The van der Waals surface area contributed by atoms with E-state index in [4.69, 9.17) is 19.8 Å². The average molecular weight is 2670 g/mol. The molecule has 147 heavy (non-hydrogen) atoms. The van der Waals surface area contributed by atoms with Gasteiger partial charge in [-0.15, -0.1) is 140 Å². The van der Waals surface area contributed by atoms with E-state index in [2.05, 4.69) is 88.4 Å². The van der Waals surface area contributed by atoms with E-state index in [0.29, 0.717) is 93.9 Å². The van der Waals surface area contributed by atoms with Gasteiger partial charge in [0.2, 0.25) is 0 Å². The molecule has 4 N–H and O–H groups in total. The summed E-state index contributed by atoms with van der Waals surface area (Å²) in [6.07, 6.45) is 14.1. The summed E-state index contributed by atoms with van der Waals surface area (Å²) < 4.78 is 55.0. The number of aliphatic hydroxyl groups is 4. The molecule has 0 atom stereocenters. The minimum Gasteiger partial charge on any atom is -0.512 e. The predicted octanol–water partition coefficient (Wildman–Crippen LogP) is 30.1. The molecule has 0 bridgehead atoms. The zero-order valence-corrected chi connectivity index (χ0v) is 94.6. The summed E-state index contributed by atoms with van der Waals surface area (Å²) in [5.41, 5.74) is 25.6. The van der Waals surface area contributed by atoms with Crippen LogP contribution in [0.2, 0.25) is 0 Å². The van der Waals surface area contributed by atoms with Gasteiger partial charge in [-0.25, -0.2) is 0 Å². The topological polar surface area (TPSA) is 269 Å². The number of pyridine rings is 4. The molecule has 20 rings (SSSR count). The number of carbonyl (C=O) groups excluding carboxylic acids is 8. The number of rotatable bonds is 16. The van der Waals surface area contributed by atoms with Gasteiger partial charge in [0, 0.05) is 212 Å². The summed E-state index contributed by atoms with van der Waals surface area (Å²) in [5.74, 6) is 1.95. The van der Waals surface area contributed by atoms with E-state index in [-0.39, 0.29) is 185 Å². The molecule has 16 nitrogen and oxygen atoms in total. The van der Waals surface area contributed by atoms with Crippen molar-refractivity contribution >= 4 is 89.4 Å². The van der Waals surface area contributed by atoms with Gasteiger partial charge in [0.15, 0.2) is 46.3 Å². The van der Waals surface area contributed by atoms with Crippen molar-refractivity contribution in [3.8, 4) is 89.5 Å². The number of hydrogen-bond donors (Lipinski definition) is 4. The Bertz CT molecular complexity index is 8130. The van der Waals surface area contributed by atoms with Crippen molar-refractivity contribution in [2.75, 3.05) is 0 Å². The van der Waals surface area contributed by atoms with Crippen LogP contribution in [-0.2, 0) is 99.6 Å². The fourth-order valence-corrected chi connectivity index (χ4v) is 18.1. The number of nitrogens with zero attached hydrogens (tertiary/aromatic N) is 4. The first kappa shape index (κ1) is 106. The molecular formula is C127H118Ir4N4O12-4. The Labute approximate surface area is 925 Å². The summed E-state index contributed by atoms with van der Waals surface area (Å²) >= 11 is 0. The van der Waals surface area contributed by atoms with Crippen molar-refractivity contribution in [1.29, 1.82) is 0 Å². The Morgan fingerprint density at radius 2 is 0.748 bits per heavy atom. The van der Waals surface area contributed by atoms with Crippen molar-refractivity contribution < 1.29 is 149 Å². The third-order valence-corrected chi connectivity index (χ3v) is 23.5. The van der Waals surface area contributed by atoms with E-state index < -0.39 is 6.85 Å². The first-order chi connectivity index (χ1) is 71.0. The summed E-state index contributed by atoms with van der Waals surface area (Å²) in [5, 5.41) is 42.7. The largest absolute Gasteiger partial charge is 0.512 e.